The largest absolute Gasteiger partial charge is 0.466 e. The van der Waals surface area contributed by atoms with Crippen molar-refractivity contribution >= 4 is 29.6 Å². The first-order chi connectivity index (χ1) is 16.0. The lowest BCUT2D eigenvalue weighted by atomic mass is 9.93. The van der Waals surface area contributed by atoms with Gasteiger partial charge in [0.1, 0.15) is 11.6 Å². The molecule has 1 saturated heterocycles. The number of esters is 1. The van der Waals surface area contributed by atoms with Gasteiger partial charge >= 0.3 is 12.0 Å². The molecule has 0 bridgehead atoms. The zero-order chi connectivity index (χ0) is 23.1. The van der Waals surface area contributed by atoms with Crippen LogP contribution in [-0.2, 0) is 14.4 Å². The summed E-state index contributed by atoms with van der Waals surface area (Å²) in [7, 11) is 1.27. The average Bonchev–Trinajstić information content (AvgIpc) is 3.18. The third-order valence-electron chi connectivity index (χ3n) is 6.47. The van der Waals surface area contributed by atoms with E-state index >= 15 is 0 Å². The summed E-state index contributed by atoms with van der Waals surface area (Å²) < 4.78 is 32.0. The van der Waals surface area contributed by atoms with E-state index in [0.717, 1.165) is 6.07 Å². The van der Waals surface area contributed by atoms with Crippen molar-refractivity contribution in [3.05, 3.63) is 59.7 Å². The number of carbonyl (C=O) groups excluding carboxylic acids is 2. The van der Waals surface area contributed by atoms with E-state index in [0.29, 0.717) is 30.0 Å². The maximum Gasteiger partial charge on any atom is 0.350 e. The molecule has 3 aliphatic rings. The third-order valence-corrected chi connectivity index (χ3v) is 6.47. The normalized spacial score (nSPS) is 27.0. The fourth-order valence-corrected chi connectivity index (χ4v) is 4.75. The predicted octanol–water partition coefficient (Wildman–Crippen LogP) is 2.86. The molecule has 1 aliphatic carbocycles. The first kappa shape index (κ1) is 21.2. The van der Waals surface area contributed by atoms with Gasteiger partial charge in [0, 0.05) is 42.7 Å². The number of amides is 2. The number of oxime groups is 1. The summed E-state index contributed by atoms with van der Waals surface area (Å²) in [4.78, 5) is 31.7. The number of rotatable bonds is 5. The molecular weight excluding hydrogens is 434 g/mol. The van der Waals surface area contributed by atoms with Gasteiger partial charge < -0.3 is 25.1 Å². The standard InChI is InChI=1S/C23H22F2N4O4/c1-32-22(30)21-14(9-26-33-21)13-4-2-3-5-18(13)27-23(31)28-20-15-10-29(11-16(15)20)19-7-6-12(24)8-17(19)25/h2-9,14-16,20-21H,10-11H2,1H3,(H2,27,28,31). The van der Waals surface area contributed by atoms with Crippen molar-refractivity contribution in [1.29, 1.82) is 0 Å². The highest BCUT2D eigenvalue weighted by atomic mass is 19.1. The van der Waals surface area contributed by atoms with Gasteiger partial charge in [-0.25, -0.2) is 18.4 Å². The van der Waals surface area contributed by atoms with E-state index in [2.05, 4.69) is 15.8 Å². The number of para-hydroxylation sites is 1. The topological polar surface area (TPSA) is 92.3 Å². The number of nitrogens with one attached hydrogen (secondary N) is 2. The summed E-state index contributed by atoms with van der Waals surface area (Å²) >= 11 is 0. The maximum atomic E-state index is 14.1. The molecule has 8 nitrogen and oxygen atoms in total. The van der Waals surface area contributed by atoms with Crippen molar-refractivity contribution in [2.24, 2.45) is 17.0 Å². The lowest BCUT2D eigenvalue weighted by Crippen LogP contribution is -2.37. The lowest BCUT2D eigenvalue weighted by Gasteiger charge is -2.23. The second kappa shape index (κ2) is 8.34. The van der Waals surface area contributed by atoms with Gasteiger partial charge in [0.05, 0.1) is 24.9 Å². The highest BCUT2D eigenvalue weighted by molar-refractivity contribution is 5.93. The van der Waals surface area contributed by atoms with Gasteiger partial charge in [-0.05, 0) is 23.8 Å². The van der Waals surface area contributed by atoms with Crippen LogP contribution in [0, 0.1) is 23.5 Å². The summed E-state index contributed by atoms with van der Waals surface area (Å²) in [6.45, 7) is 1.18. The number of hydrogen-bond donors (Lipinski definition) is 2. The van der Waals surface area contributed by atoms with Crippen molar-refractivity contribution in [3.63, 3.8) is 0 Å². The summed E-state index contributed by atoms with van der Waals surface area (Å²) in [5, 5.41) is 9.57. The number of piperidine rings is 1. The van der Waals surface area contributed by atoms with Crippen molar-refractivity contribution in [2.45, 2.75) is 18.1 Å². The SMILES string of the molecule is COC(=O)C1ON=CC1c1ccccc1NC(=O)NC1C2CN(c3ccc(F)cc3F)CC21. The smallest absolute Gasteiger partial charge is 0.350 e. The van der Waals surface area contributed by atoms with Crippen LogP contribution in [0.5, 0.6) is 0 Å². The van der Waals surface area contributed by atoms with E-state index < -0.39 is 29.6 Å². The molecular formula is C23H22F2N4O4. The van der Waals surface area contributed by atoms with Gasteiger partial charge in [-0.3, -0.25) is 0 Å². The molecule has 4 unspecified atom stereocenters. The molecule has 0 spiro atoms. The predicted molar refractivity (Wildman–Crippen MR) is 116 cm³/mol. The fraction of sp³-hybridized carbons (Fsp3) is 0.348. The van der Waals surface area contributed by atoms with E-state index in [9.17, 15) is 18.4 Å². The van der Waals surface area contributed by atoms with E-state index in [4.69, 9.17) is 9.57 Å². The number of fused-ring (bicyclic) bond motifs is 1. The Labute approximate surface area is 188 Å². The Kier molecular flexibility index (Phi) is 5.35. The van der Waals surface area contributed by atoms with Gasteiger partial charge in [0.25, 0.3) is 0 Å². The molecule has 1 saturated carbocycles. The highest BCUT2D eigenvalue weighted by Gasteiger charge is 2.56. The van der Waals surface area contributed by atoms with Crippen LogP contribution in [0.4, 0.5) is 25.0 Å². The number of methoxy groups -OCH3 is 1. The van der Waals surface area contributed by atoms with Crippen LogP contribution in [0.25, 0.3) is 0 Å². The van der Waals surface area contributed by atoms with Crippen LogP contribution >= 0.6 is 0 Å². The number of benzene rings is 2. The van der Waals surface area contributed by atoms with Gasteiger partial charge in [-0.15, -0.1) is 0 Å². The Bertz CT molecular complexity index is 1120. The second-order valence-corrected chi connectivity index (χ2v) is 8.37. The average molecular weight is 456 g/mol. The van der Waals surface area contributed by atoms with Gasteiger partial charge in [0.15, 0.2) is 0 Å². The maximum absolute atomic E-state index is 14.1. The first-order valence-electron chi connectivity index (χ1n) is 10.6. The van der Waals surface area contributed by atoms with Crippen LogP contribution in [-0.4, -0.2) is 50.6 Å². The molecule has 2 aromatic rings. The van der Waals surface area contributed by atoms with E-state index in [-0.39, 0.29) is 23.9 Å². The molecule has 0 radical (unpaired) electrons. The molecule has 2 aromatic carbocycles. The number of anilines is 2. The molecule has 0 aromatic heterocycles. The second-order valence-electron chi connectivity index (χ2n) is 8.37. The summed E-state index contributed by atoms with van der Waals surface area (Å²) in [5.41, 5.74) is 1.59. The molecule has 5 rings (SSSR count). The molecule has 2 amide bonds. The van der Waals surface area contributed by atoms with Crippen LogP contribution in [0.15, 0.2) is 47.6 Å². The molecule has 2 aliphatic heterocycles. The minimum atomic E-state index is -0.915. The number of halogens is 2. The molecule has 4 atom stereocenters. The van der Waals surface area contributed by atoms with Gasteiger partial charge in [0.2, 0.25) is 6.10 Å². The van der Waals surface area contributed by atoms with Gasteiger partial charge in [-0.2, -0.15) is 0 Å². The molecule has 2 fully saturated rings. The van der Waals surface area contributed by atoms with E-state index in [1.165, 1.54) is 25.5 Å². The molecule has 172 valence electrons. The molecule has 2 heterocycles. The number of urea groups is 1. The summed E-state index contributed by atoms with van der Waals surface area (Å²) in [6.07, 6.45) is 0.593. The number of ether oxygens (including phenoxy) is 1. The minimum Gasteiger partial charge on any atom is -0.466 e. The summed E-state index contributed by atoms with van der Waals surface area (Å²) in [5.74, 6) is -1.83. The van der Waals surface area contributed by atoms with Crippen molar-refractivity contribution in [1.82, 2.24) is 5.32 Å². The Morgan fingerprint density at radius 1 is 1.15 bits per heavy atom. The number of carbonyl (C=O) groups is 2. The molecule has 10 heteroatoms. The zero-order valence-corrected chi connectivity index (χ0v) is 17.7. The highest BCUT2D eigenvalue weighted by Crippen LogP contribution is 2.47. The van der Waals surface area contributed by atoms with Crippen LogP contribution in [0.2, 0.25) is 0 Å². The van der Waals surface area contributed by atoms with Crippen molar-refractivity contribution in [3.8, 4) is 0 Å². The Morgan fingerprint density at radius 3 is 2.64 bits per heavy atom. The first-order valence-corrected chi connectivity index (χ1v) is 10.6. The number of nitrogens with zero attached hydrogens (tertiary/aromatic N) is 2. The van der Waals surface area contributed by atoms with Crippen LogP contribution < -0.4 is 15.5 Å². The van der Waals surface area contributed by atoms with Crippen LogP contribution in [0.3, 0.4) is 0 Å². The van der Waals surface area contributed by atoms with Crippen molar-refractivity contribution in [2.75, 3.05) is 30.4 Å². The molecule has 33 heavy (non-hydrogen) atoms. The Balaban J connectivity index is 1.20. The summed E-state index contributed by atoms with van der Waals surface area (Å²) in [6, 6.07) is 10.3. The van der Waals surface area contributed by atoms with Crippen molar-refractivity contribution < 1.29 is 27.9 Å². The fourth-order valence-electron chi connectivity index (χ4n) is 4.75. The van der Waals surface area contributed by atoms with Gasteiger partial charge in [-0.1, -0.05) is 23.4 Å². The third kappa shape index (κ3) is 3.96. The number of hydrogen-bond acceptors (Lipinski definition) is 6. The quantitative estimate of drug-likeness (QED) is 0.675. The Morgan fingerprint density at radius 2 is 1.91 bits per heavy atom. The van der Waals surface area contributed by atoms with Crippen LogP contribution in [0.1, 0.15) is 11.5 Å². The van der Waals surface area contributed by atoms with E-state index in [1.54, 1.807) is 24.3 Å². The molecule has 2 N–H and O–H groups in total. The lowest BCUT2D eigenvalue weighted by molar-refractivity contribution is -0.153. The monoisotopic (exact) mass is 456 g/mol. The van der Waals surface area contributed by atoms with E-state index in [1.807, 2.05) is 4.90 Å². The Hall–Kier alpha value is -3.69. The zero-order valence-electron chi connectivity index (χ0n) is 17.7. The minimum absolute atomic E-state index is 0.0175.